The van der Waals surface area contributed by atoms with Crippen molar-refractivity contribution in [1.82, 2.24) is 0 Å². The first-order valence-electron chi connectivity index (χ1n) is 8.51. The minimum atomic E-state index is -0.754. The molecular weight excluding hydrogens is 292 g/mol. The van der Waals surface area contributed by atoms with Gasteiger partial charge in [0, 0.05) is 12.8 Å². The molecule has 0 fully saturated rings. The maximum atomic E-state index is 10.3. The molecule has 0 radical (unpaired) electrons. The number of hydrogen-bond acceptors (Lipinski definition) is 2. The maximum Gasteiger partial charge on any atom is 0.303 e. The molecule has 0 bridgehead atoms. The molecule has 0 rings (SSSR count). The highest BCUT2D eigenvalue weighted by atomic mass is 16.4. The van der Waals surface area contributed by atoms with Gasteiger partial charge >= 0.3 is 11.9 Å². The lowest BCUT2D eigenvalue weighted by atomic mass is 10.1. The van der Waals surface area contributed by atoms with Crippen molar-refractivity contribution in [3.05, 3.63) is 36.5 Å². The van der Waals surface area contributed by atoms with Crippen LogP contribution in [0.15, 0.2) is 36.5 Å². The van der Waals surface area contributed by atoms with Crippen LogP contribution >= 0.6 is 0 Å². The molecule has 0 saturated carbocycles. The molecule has 0 atom stereocenters. The third-order valence-electron chi connectivity index (χ3n) is 3.33. The number of unbranched alkanes of at least 4 members (excludes halogenated alkanes) is 5. The van der Waals surface area contributed by atoms with Gasteiger partial charge in [0.2, 0.25) is 0 Å². The molecule has 0 heterocycles. The molecule has 130 valence electrons. The van der Waals surface area contributed by atoms with Gasteiger partial charge in [0.15, 0.2) is 0 Å². The fraction of sp³-hybridized carbons (Fsp3) is 0.579. The smallest absolute Gasteiger partial charge is 0.303 e. The van der Waals surface area contributed by atoms with Crippen LogP contribution in [0.4, 0.5) is 0 Å². The lowest BCUT2D eigenvalue weighted by Crippen LogP contribution is -1.93. The number of carboxylic acid groups (broad SMARTS) is 2. The summed E-state index contributed by atoms with van der Waals surface area (Å²) in [6.45, 7) is 0. The second-order valence-corrected chi connectivity index (χ2v) is 5.52. The van der Waals surface area contributed by atoms with Crippen LogP contribution in [0.2, 0.25) is 0 Å². The van der Waals surface area contributed by atoms with Gasteiger partial charge in [0.1, 0.15) is 0 Å². The second kappa shape index (κ2) is 16.5. The van der Waals surface area contributed by atoms with Crippen LogP contribution in [-0.2, 0) is 9.59 Å². The summed E-state index contributed by atoms with van der Waals surface area (Å²) in [4.78, 5) is 20.6. The van der Waals surface area contributed by atoms with Crippen molar-refractivity contribution in [3.63, 3.8) is 0 Å². The van der Waals surface area contributed by atoms with Gasteiger partial charge in [-0.25, -0.2) is 0 Å². The Labute approximate surface area is 139 Å². The molecular formula is C19H30O4. The Balaban J connectivity index is 3.32. The Hall–Kier alpha value is -1.84. The first-order valence-corrected chi connectivity index (χ1v) is 8.51. The van der Waals surface area contributed by atoms with Crippen molar-refractivity contribution < 1.29 is 19.8 Å². The van der Waals surface area contributed by atoms with Crippen molar-refractivity contribution in [1.29, 1.82) is 0 Å². The summed E-state index contributed by atoms with van der Waals surface area (Å²) in [6.07, 6.45) is 21.7. The maximum absolute atomic E-state index is 10.3. The van der Waals surface area contributed by atoms with Crippen molar-refractivity contribution in [2.45, 2.75) is 70.6 Å². The van der Waals surface area contributed by atoms with E-state index in [9.17, 15) is 9.59 Å². The summed E-state index contributed by atoms with van der Waals surface area (Å²) in [7, 11) is 0. The molecule has 0 aromatic heterocycles. The quantitative estimate of drug-likeness (QED) is 0.324. The van der Waals surface area contributed by atoms with E-state index in [1.807, 2.05) is 12.2 Å². The predicted molar refractivity (Wildman–Crippen MR) is 93.5 cm³/mol. The summed E-state index contributed by atoms with van der Waals surface area (Å²) >= 11 is 0. The Morgan fingerprint density at radius 3 is 1.65 bits per heavy atom. The Morgan fingerprint density at radius 1 is 0.565 bits per heavy atom. The summed E-state index contributed by atoms with van der Waals surface area (Å²) < 4.78 is 0. The highest BCUT2D eigenvalue weighted by Gasteiger charge is 1.95. The number of hydrogen-bond donors (Lipinski definition) is 2. The zero-order valence-corrected chi connectivity index (χ0v) is 14.0. The predicted octanol–water partition coefficient (Wildman–Crippen LogP) is 5.12. The van der Waals surface area contributed by atoms with Crippen molar-refractivity contribution in [2.75, 3.05) is 0 Å². The Morgan fingerprint density at radius 2 is 1.04 bits per heavy atom. The Bertz CT molecular complexity index is 394. The second-order valence-electron chi connectivity index (χ2n) is 5.52. The fourth-order valence-electron chi connectivity index (χ4n) is 2.05. The molecule has 23 heavy (non-hydrogen) atoms. The zero-order chi connectivity index (χ0) is 17.2. The van der Waals surface area contributed by atoms with Gasteiger partial charge in [-0.3, -0.25) is 9.59 Å². The molecule has 0 spiro atoms. The van der Waals surface area contributed by atoms with Gasteiger partial charge in [0.25, 0.3) is 0 Å². The number of allylic oxidation sites excluding steroid dienone is 6. The standard InChI is InChI=1S/C19H30O4/c20-18(21)16-14-12-10-8-6-4-2-1-3-5-7-9-11-13-15-17-19(22)23/h1-2,5,7,11,13H,3-4,6,8-10,12,14-17H2,(H,20,21)(H,22,23)/b2-1-,7-5-,13-11-. The van der Waals surface area contributed by atoms with E-state index in [-0.39, 0.29) is 6.42 Å². The van der Waals surface area contributed by atoms with E-state index >= 15 is 0 Å². The molecule has 0 amide bonds. The minimum absolute atomic E-state index is 0.197. The molecule has 0 aromatic rings. The van der Waals surface area contributed by atoms with Crippen LogP contribution in [-0.4, -0.2) is 22.2 Å². The SMILES string of the molecule is O=C(O)CC/C=C\C/C=C\C/C=C\CCCCCCCC(=O)O. The van der Waals surface area contributed by atoms with Gasteiger partial charge in [-0.2, -0.15) is 0 Å². The number of rotatable bonds is 15. The van der Waals surface area contributed by atoms with Crippen LogP contribution in [0.3, 0.4) is 0 Å². The van der Waals surface area contributed by atoms with Crippen molar-refractivity contribution in [3.8, 4) is 0 Å². The summed E-state index contributed by atoms with van der Waals surface area (Å²) in [5, 5.41) is 17.0. The topological polar surface area (TPSA) is 74.6 Å². The van der Waals surface area contributed by atoms with E-state index in [1.165, 1.54) is 12.8 Å². The van der Waals surface area contributed by atoms with Crippen LogP contribution in [0.25, 0.3) is 0 Å². The van der Waals surface area contributed by atoms with Gasteiger partial charge in [-0.15, -0.1) is 0 Å². The first-order chi connectivity index (χ1) is 11.1. The molecule has 4 nitrogen and oxygen atoms in total. The monoisotopic (exact) mass is 322 g/mol. The average Bonchev–Trinajstić information content (AvgIpc) is 2.49. The lowest BCUT2D eigenvalue weighted by molar-refractivity contribution is -0.138. The zero-order valence-electron chi connectivity index (χ0n) is 14.0. The molecule has 0 aliphatic carbocycles. The molecule has 0 saturated heterocycles. The summed E-state index contributed by atoms with van der Waals surface area (Å²) in [5.41, 5.74) is 0. The van der Waals surface area contributed by atoms with Crippen molar-refractivity contribution in [2.24, 2.45) is 0 Å². The van der Waals surface area contributed by atoms with Gasteiger partial charge in [-0.1, -0.05) is 55.7 Å². The van der Waals surface area contributed by atoms with E-state index in [0.717, 1.165) is 38.5 Å². The lowest BCUT2D eigenvalue weighted by Gasteiger charge is -1.98. The van der Waals surface area contributed by atoms with Crippen molar-refractivity contribution >= 4 is 11.9 Å². The van der Waals surface area contributed by atoms with Gasteiger partial charge in [0.05, 0.1) is 0 Å². The van der Waals surface area contributed by atoms with Crippen LogP contribution < -0.4 is 0 Å². The van der Waals surface area contributed by atoms with E-state index < -0.39 is 11.9 Å². The van der Waals surface area contributed by atoms with Gasteiger partial charge in [-0.05, 0) is 38.5 Å². The van der Waals surface area contributed by atoms with Crippen LogP contribution in [0.1, 0.15) is 70.6 Å². The first kappa shape index (κ1) is 21.2. The fourth-order valence-corrected chi connectivity index (χ4v) is 2.05. The van der Waals surface area contributed by atoms with E-state index in [0.29, 0.717) is 12.8 Å². The van der Waals surface area contributed by atoms with Gasteiger partial charge < -0.3 is 10.2 Å². The summed E-state index contributed by atoms with van der Waals surface area (Å²) in [5.74, 6) is -1.45. The minimum Gasteiger partial charge on any atom is -0.481 e. The molecule has 0 aromatic carbocycles. The average molecular weight is 322 g/mol. The normalized spacial score (nSPS) is 11.8. The number of aliphatic carboxylic acids is 2. The van der Waals surface area contributed by atoms with E-state index in [4.69, 9.17) is 10.2 Å². The van der Waals surface area contributed by atoms with E-state index in [2.05, 4.69) is 24.3 Å². The third-order valence-corrected chi connectivity index (χ3v) is 3.33. The molecule has 0 aliphatic rings. The Kier molecular flexibility index (Phi) is 15.2. The number of carbonyl (C=O) groups is 2. The molecule has 0 unspecified atom stereocenters. The third kappa shape index (κ3) is 20.2. The molecule has 2 N–H and O–H groups in total. The largest absolute Gasteiger partial charge is 0.481 e. The highest BCUT2D eigenvalue weighted by molar-refractivity contribution is 5.66. The highest BCUT2D eigenvalue weighted by Crippen LogP contribution is 2.07. The molecule has 4 heteroatoms. The summed E-state index contributed by atoms with van der Waals surface area (Å²) in [6, 6.07) is 0. The van der Waals surface area contributed by atoms with Crippen LogP contribution in [0, 0.1) is 0 Å². The van der Waals surface area contributed by atoms with E-state index in [1.54, 1.807) is 0 Å². The number of carboxylic acids is 2. The molecule has 0 aliphatic heterocycles. The van der Waals surface area contributed by atoms with Crippen LogP contribution in [0.5, 0.6) is 0 Å².